The van der Waals surface area contributed by atoms with E-state index in [4.69, 9.17) is 5.11 Å². The zero-order chi connectivity index (χ0) is 14.5. The van der Waals surface area contributed by atoms with Crippen molar-refractivity contribution < 1.29 is 14.7 Å². The monoisotopic (exact) mass is 300 g/mol. The largest absolute Gasteiger partial charge is 0.481 e. The second kappa shape index (κ2) is 7.20. The highest BCUT2D eigenvalue weighted by Crippen LogP contribution is 2.27. The lowest BCUT2D eigenvalue weighted by Crippen LogP contribution is -2.48. The predicted octanol–water partition coefficient (Wildman–Crippen LogP) is 2.31. The second-order valence-electron chi connectivity index (χ2n) is 5.75. The summed E-state index contributed by atoms with van der Waals surface area (Å²) in [6.45, 7) is 0.684. The van der Waals surface area contributed by atoms with Gasteiger partial charge in [0.05, 0.1) is 6.42 Å². The van der Waals surface area contributed by atoms with Crippen LogP contribution in [-0.4, -0.2) is 52.1 Å². The number of thioether (sulfide) groups is 1. The van der Waals surface area contributed by atoms with Gasteiger partial charge >= 0.3 is 12.0 Å². The van der Waals surface area contributed by atoms with Gasteiger partial charge in [0, 0.05) is 23.9 Å². The number of nitrogens with zero attached hydrogens (tertiary/aromatic N) is 1. The summed E-state index contributed by atoms with van der Waals surface area (Å²) in [5.74, 6) is -0.824. The first-order valence-corrected chi connectivity index (χ1v) is 8.70. The maximum atomic E-state index is 12.3. The number of carboxylic acid groups (broad SMARTS) is 1. The van der Waals surface area contributed by atoms with E-state index in [1.807, 2.05) is 11.8 Å². The van der Waals surface area contributed by atoms with Gasteiger partial charge in [0.15, 0.2) is 0 Å². The quantitative estimate of drug-likeness (QED) is 0.836. The van der Waals surface area contributed by atoms with E-state index in [1.54, 1.807) is 4.90 Å². The first kappa shape index (κ1) is 15.5. The summed E-state index contributed by atoms with van der Waals surface area (Å²) < 4.78 is 0. The second-order valence-corrected chi connectivity index (χ2v) is 6.88. The molecule has 20 heavy (non-hydrogen) atoms. The molecule has 0 aromatic carbocycles. The Kier molecular flexibility index (Phi) is 5.57. The molecule has 5 nitrogen and oxygen atoms in total. The Morgan fingerprint density at radius 3 is 2.55 bits per heavy atom. The number of hydrogen-bond acceptors (Lipinski definition) is 3. The van der Waals surface area contributed by atoms with E-state index < -0.39 is 5.97 Å². The molecule has 2 aliphatic rings. The third kappa shape index (κ3) is 4.04. The topological polar surface area (TPSA) is 69.6 Å². The Morgan fingerprint density at radius 1 is 1.25 bits per heavy atom. The highest BCUT2D eigenvalue weighted by Gasteiger charge is 2.32. The van der Waals surface area contributed by atoms with Gasteiger partial charge in [0.1, 0.15) is 0 Å². The van der Waals surface area contributed by atoms with Crippen molar-refractivity contribution in [3.05, 3.63) is 0 Å². The van der Waals surface area contributed by atoms with E-state index in [0.29, 0.717) is 6.54 Å². The molecule has 2 fully saturated rings. The molecular formula is C14H24N2O3S. The summed E-state index contributed by atoms with van der Waals surface area (Å²) in [7, 11) is 0. The van der Waals surface area contributed by atoms with E-state index in [0.717, 1.165) is 43.8 Å². The summed E-state index contributed by atoms with van der Waals surface area (Å²) in [4.78, 5) is 24.8. The van der Waals surface area contributed by atoms with Gasteiger partial charge in [0.25, 0.3) is 0 Å². The molecule has 2 N–H and O–H groups in total. The van der Waals surface area contributed by atoms with Crippen molar-refractivity contribution in [2.45, 2.75) is 62.3 Å². The maximum absolute atomic E-state index is 12.3. The van der Waals surface area contributed by atoms with E-state index in [-0.39, 0.29) is 24.5 Å². The molecule has 2 amide bonds. The van der Waals surface area contributed by atoms with Gasteiger partial charge in [-0.05, 0) is 44.8 Å². The fraction of sp³-hybridized carbons (Fsp3) is 0.857. The molecule has 0 bridgehead atoms. The third-order valence-electron chi connectivity index (χ3n) is 4.38. The van der Waals surface area contributed by atoms with Crippen LogP contribution in [0.2, 0.25) is 0 Å². The van der Waals surface area contributed by atoms with Crippen LogP contribution in [0.4, 0.5) is 4.79 Å². The highest BCUT2D eigenvalue weighted by molar-refractivity contribution is 7.99. The van der Waals surface area contributed by atoms with E-state index in [9.17, 15) is 9.59 Å². The SMILES string of the molecule is CSC1CCC(NC(=O)N2CCCC2CC(=O)O)CC1. The van der Waals surface area contributed by atoms with Gasteiger partial charge in [-0.15, -0.1) is 0 Å². The summed E-state index contributed by atoms with van der Waals surface area (Å²) in [6.07, 6.45) is 8.30. The molecule has 0 spiro atoms. The fourth-order valence-corrected chi connectivity index (χ4v) is 3.96. The number of urea groups is 1. The summed E-state index contributed by atoms with van der Waals surface area (Å²) in [6, 6.07) is 0.0633. The molecule has 1 saturated carbocycles. The minimum Gasteiger partial charge on any atom is -0.481 e. The molecule has 0 aromatic heterocycles. The van der Waals surface area contributed by atoms with Gasteiger partial charge in [-0.25, -0.2) is 4.79 Å². The van der Waals surface area contributed by atoms with Crippen LogP contribution in [0.1, 0.15) is 44.9 Å². The fourth-order valence-electron chi connectivity index (χ4n) is 3.22. The normalized spacial score (nSPS) is 30.2. The molecule has 1 aliphatic heterocycles. The standard InChI is InChI=1S/C14H24N2O3S/c1-20-12-6-4-10(5-7-12)15-14(19)16-8-2-3-11(16)9-13(17)18/h10-12H,2-9H2,1H3,(H,15,19)(H,17,18). The highest BCUT2D eigenvalue weighted by atomic mass is 32.2. The van der Waals surface area contributed by atoms with E-state index >= 15 is 0 Å². The number of carbonyl (C=O) groups is 2. The Labute approximate surface area is 124 Å². The van der Waals surface area contributed by atoms with Crippen molar-refractivity contribution in [3.8, 4) is 0 Å². The van der Waals surface area contributed by atoms with Crippen LogP contribution in [-0.2, 0) is 4.79 Å². The first-order chi connectivity index (χ1) is 9.60. The van der Waals surface area contributed by atoms with Gasteiger partial charge in [-0.1, -0.05) is 0 Å². The number of hydrogen-bond donors (Lipinski definition) is 2. The zero-order valence-electron chi connectivity index (χ0n) is 12.0. The molecule has 0 aromatic rings. The lowest BCUT2D eigenvalue weighted by atomic mass is 9.95. The lowest BCUT2D eigenvalue weighted by Gasteiger charge is -2.31. The number of carbonyl (C=O) groups excluding carboxylic acids is 1. The molecule has 0 radical (unpaired) electrons. The Bertz CT molecular complexity index is 356. The van der Waals surface area contributed by atoms with E-state index in [1.165, 1.54) is 0 Å². The Hall–Kier alpha value is -0.910. The summed E-state index contributed by atoms with van der Waals surface area (Å²) in [5, 5.41) is 12.7. The third-order valence-corrected chi connectivity index (χ3v) is 5.52. The molecule has 1 aliphatic carbocycles. The van der Waals surface area contributed by atoms with Crippen LogP contribution in [0.5, 0.6) is 0 Å². The van der Waals surface area contributed by atoms with Crippen molar-refractivity contribution in [2.75, 3.05) is 12.8 Å². The van der Waals surface area contributed by atoms with Crippen LogP contribution in [0, 0.1) is 0 Å². The van der Waals surface area contributed by atoms with Crippen molar-refractivity contribution in [3.63, 3.8) is 0 Å². The molecular weight excluding hydrogens is 276 g/mol. The zero-order valence-corrected chi connectivity index (χ0v) is 12.8. The van der Waals surface area contributed by atoms with Crippen molar-refractivity contribution in [1.29, 1.82) is 0 Å². The number of rotatable bonds is 4. The molecule has 6 heteroatoms. The summed E-state index contributed by atoms with van der Waals surface area (Å²) in [5.41, 5.74) is 0. The van der Waals surface area contributed by atoms with Crippen LogP contribution in [0.15, 0.2) is 0 Å². The van der Waals surface area contributed by atoms with Gasteiger partial charge in [-0.3, -0.25) is 4.79 Å². The number of amides is 2. The first-order valence-electron chi connectivity index (χ1n) is 7.42. The van der Waals surface area contributed by atoms with Crippen molar-refractivity contribution in [1.82, 2.24) is 10.2 Å². The Balaban J connectivity index is 1.80. The molecule has 114 valence electrons. The van der Waals surface area contributed by atoms with Gasteiger partial charge < -0.3 is 15.3 Å². The molecule has 1 unspecified atom stereocenters. The van der Waals surface area contributed by atoms with Gasteiger partial charge in [-0.2, -0.15) is 11.8 Å². The predicted molar refractivity (Wildman–Crippen MR) is 80.1 cm³/mol. The molecule has 1 atom stereocenters. The van der Waals surface area contributed by atoms with Crippen molar-refractivity contribution in [2.24, 2.45) is 0 Å². The Morgan fingerprint density at radius 2 is 1.95 bits per heavy atom. The molecule has 1 saturated heterocycles. The minimum absolute atomic E-state index is 0.0621. The lowest BCUT2D eigenvalue weighted by molar-refractivity contribution is -0.137. The van der Waals surface area contributed by atoms with Crippen molar-refractivity contribution >= 4 is 23.8 Å². The van der Waals surface area contributed by atoms with Gasteiger partial charge in [0.2, 0.25) is 0 Å². The number of likely N-dealkylation sites (tertiary alicyclic amines) is 1. The molecule has 1 heterocycles. The van der Waals surface area contributed by atoms with E-state index in [2.05, 4.69) is 11.6 Å². The van der Waals surface area contributed by atoms with Crippen LogP contribution >= 0.6 is 11.8 Å². The average molecular weight is 300 g/mol. The summed E-state index contributed by atoms with van der Waals surface area (Å²) >= 11 is 1.91. The minimum atomic E-state index is -0.824. The van der Waals surface area contributed by atoms with Crippen LogP contribution in [0.3, 0.4) is 0 Å². The average Bonchev–Trinajstić information content (AvgIpc) is 2.87. The number of aliphatic carboxylic acids is 1. The van der Waals surface area contributed by atoms with Crippen LogP contribution < -0.4 is 5.32 Å². The smallest absolute Gasteiger partial charge is 0.317 e. The molecule has 2 rings (SSSR count). The number of nitrogens with one attached hydrogen (secondary N) is 1. The number of carboxylic acids is 1. The van der Waals surface area contributed by atoms with Crippen LogP contribution in [0.25, 0.3) is 0 Å². The maximum Gasteiger partial charge on any atom is 0.317 e.